The first-order valence-corrected chi connectivity index (χ1v) is 7.36. The minimum Gasteiger partial charge on any atom is -0.399 e. The maximum Gasteiger partial charge on any atom is 0.137 e. The summed E-state index contributed by atoms with van der Waals surface area (Å²) in [6, 6.07) is 11.6. The number of benzene rings is 2. The van der Waals surface area contributed by atoms with Crippen molar-refractivity contribution in [2.24, 2.45) is 0 Å². The van der Waals surface area contributed by atoms with Crippen LogP contribution in [0.4, 0.5) is 10.1 Å². The van der Waals surface area contributed by atoms with E-state index in [4.69, 9.17) is 5.73 Å². The highest BCUT2D eigenvalue weighted by Crippen LogP contribution is 2.23. The molecule has 2 rings (SSSR count). The van der Waals surface area contributed by atoms with Gasteiger partial charge in [-0.15, -0.1) is 0 Å². The second-order valence-electron chi connectivity index (χ2n) is 3.78. The zero-order valence-corrected chi connectivity index (χ0v) is 11.8. The molecule has 1 unspecified atom stereocenters. The monoisotopic (exact) mass is 327 g/mol. The van der Waals surface area contributed by atoms with Gasteiger partial charge in [0.2, 0.25) is 0 Å². The highest BCUT2D eigenvalue weighted by atomic mass is 79.9. The first-order chi connectivity index (χ1) is 8.58. The van der Waals surface area contributed by atoms with E-state index < -0.39 is 10.8 Å². The molecule has 0 spiro atoms. The second-order valence-corrected chi connectivity index (χ2v) is 6.02. The van der Waals surface area contributed by atoms with Crippen molar-refractivity contribution in [2.75, 3.05) is 5.73 Å². The molecule has 0 heterocycles. The number of hydrogen-bond acceptors (Lipinski definition) is 2. The molecule has 0 aliphatic heterocycles. The normalized spacial score (nSPS) is 12.3. The maximum atomic E-state index is 13.3. The van der Waals surface area contributed by atoms with Gasteiger partial charge in [-0.25, -0.2) is 4.39 Å². The van der Waals surface area contributed by atoms with Crippen LogP contribution in [0.25, 0.3) is 0 Å². The van der Waals surface area contributed by atoms with E-state index >= 15 is 0 Å². The average molecular weight is 328 g/mol. The molecule has 0 aromatic heterocycles. The summed E-state index contributed by atoms with van der Waals surface area (Å²) in [5.41, 5.74) is 6.89. The van der Waals surface area contributed by atoms with Crippen molar-refractivity contribution in [1.29, 1.82) is 0 Å². The Hall–Kier alpha value is -1.20. The lowest BCUT2D eigenvalue weighted by molar-refractivity contribution is 0.619. The molecular formula is C13H11BrFNOS. The molecule has 0 saturated carbocycles. The van der Waals surface area contributed by atoms with E-state index in [1.54, 1.807) is 36.4 Å². The number of anilines is 1. The second kappa shape index (κ2) is 5.63. The van der Waals surface area contributed by atoms with Crippen LogP contribution in [0.1, 0.15) is 5.56 Å². The van der Waals surface area contributed by atoms with E-state index in [1.165, 1.54) is 6.07 Å². The lowest BCUT2D eigenvalue weighted by atomic mass is 10.2. The summed E-state index contributed by atoms with van der Waals surface area (Å²) in [5, 5.41) is 0. The van der Waals surface area contributed by atoms with E-state index in [0.29, 0.717) is 20.6 Å². The fourth-order valence-electron chi connectivity index (χ4n) is 1.54. The van der Waals surface area contributed by atoms with Gasteiger partial charge < -0.3 is 5.73 Å². The van der Waals surface area contributed by atoms with Gasteiger partial charge in [0.1, 0.15) is 5.82 Å². The minimum absolute atomic E-state index is 0.252. The summed E-state index contributed by atoms with van der Waals surface area (Å²) in [6.07, 6.45) is 0. The molecule has 2 N–H and O–H groups in total. The molecule has 94 valence electrons. The molecule has 0 bridgehead atoms. The first kappa shape index (κ1) is 13.2. The van der Waals surface area contributed by atoms with Gasteiger partial charge in [0.05, 0.1) is 21.0 Å². The number of halogens is 2. The predicted octanol–water partition coefficient (Wildman–Crippen LogP) is 3.48. The van der Waals surface area contributed by atoms with Crippen LogP contribution in [0.15, 0.2) is 51.8 Å². The van der Waals surface area contributed by atoms with E-state index in [-0.39, 0.29) is 11.6 Å². The van der Waals surface area contributed by atoms with Gasteiger partial charge in [-0.3, -0.25) is 4.21 Å². The molecule has 0 saturated heterocycles. The van der Waals surface area contributed by atoms with Crippen LogP contribution in [-0.2, 0) is 16.6 Å². The summed E-state index contributed by atoms with van der Waals surface area (Å²) in [4.78, 5) is 0.645. The third kappa shape index (κ3) is 2.97. The first-order valence-electron chi connectivity index (χ1n) is 5.25. The summed E-state index contributed by atoms with van der Waals surface area (Å²) < 4.78 is 25.8. The molecule has 18 heavy (non-hydrogen) atoms. The van der Waals surface area contributed by atoms with Crippen LogP contribution in [0.3, 0.4) is 0 Å². The van der Waals surface area contributed by atoms with Crippen LogP contribution < -0.4 is 5.73 Å². The third-order valence-electron chi connectivity index (χ3n) is 2.44. The van der Waals surface area contributed by atoms with Crippen LogP contribution in [0.5, 0.6) is 0 Å². The molecule has 0 aliphatic carbocycles. The predicted molar refractivity (Wildman–Crippen MR) is 75.1 cm³/mol. The van der Waals surface area contributed by atoms with E-state index in [2.05, 4.69) is 15.9 Å². The SMILES string of the molecule is Nc1cccc(S(=O)Cc2cccc(F)c2Br)c1. The zero-order chi connectivity index (χ0) is 13.1. The number of nitrogen functional groups attached to an aromatic ring is 1. The van der Waals surface area contributed by atoms with Gasteiger partial charge in [-0.2, -0.15) is 0 Å². The fourth-order valence-corrected chi connectivity index (χ4v) is 3.32. The van der Waals surface area contributed by atoms with Gasteiger partial charge in [-0.05, 0) is 45.8 Å². The molecule has 1 atom stereocenters. The molecule has 2 nitrogen and oxygen atoms in total. The number of nitrogens with two attached hydrogens (primary N) is 1. The Balaban J connectivity index is 2.24. The topological polar surface area (TPSA) is 43.1 Å². The van der Waals surface area contributed by atoms with Crippen LogP contribution >= 0.6 is 15.9 Å². The van der Waals surface area contributed by atoms with Crippen molar-refractivity contribution < 1.29 is 8.60 Å². The average Bonchev–Trinajstić information content (AvgIpc) is 2.35. The van der Waals surface area contributed by atoms with Crippen molar-refractivity contribution in [1.82, 2.24) is 0 Å². The molecule has 0 radical (unpaired) electrons. The molecule has 2 aromatic rings. The van der Waals surface area contributed by atoms with Gasteiger partial charge in [0.25, 0.3) is 0 Å². The summed E-state index contributed by atoms with van der Waals surface area (Å²) in [6.45, 7) is 0. The quantitative estimate of drug-likeness (QED) is 0.877. The van der Waals surface area contributed by atoms with Crippen molar-refractivity contribution in [3.05, 3.63) is 58.3 Å². The van der Waals surface area contributed by atoms with Gasteiger partial charge in [0, 0.05) is 10.6 Å². The molecule has 2 aromatic carbocycles. The van der Waals surface area contributed by atoms with Crippen LogP contribution in [0, 0.1) is 5.82 Å². The van der Waals surface area contributed by atoms with Crippen LogP contribution in [0.2, 0.25) is 0 Å². The standard InChI is InChI=1S/C13H11BrFNOS/c14-13-9(3-1-6-12(13)15)8-18(17)11-5-2-4-10(16)7-11/h1-7H,8,16H2. The van der Waals surface area contributed by atoms with Crippen molar-refractivity contribution >= 4 is 32.4 Å². The van der Waals surface area contributed by atoms with Gasteiger partial charge in [-0.1, -0.05) is 18.2 Å². The van der Waals surface area contributed by atoms with Gasteiger partial charge >= 0.3 is 0 Å². The highest BCUT2D eigenvalue weighted by molar-refractivity contribution is 9.10. The smallest absolute Gasteiger partial charge is 0.137 e. The molecule has 0 amide bonds. The highest BCUT2D eigenvalue weighted by Gasteiger charge is 2.10. The van der Waals surface area contributed by atoms with Crippen LogP contribution in [-0.4, -0.2) is 4.21 Å². The summed E-state index contributed by atoms with van der Waals surface area (Å²) >= 11 is 3.16. The Morgan fingerprint density at radius 2 is 1.94 bits per heavy atom. The zero-order valence-electron chi connectivity index (χ0n) is 9.40. The third-order valence-corrected chi connectivity index (χ3v) is 4.68. The molecule has 5 heteroatoms. The Morgan fingerprint density at radius 3 is 2.67 bits per heavy atom. The lowest BCUT2D eigenvalue weighted by Gasteiger charge is -2.06. The molecule has 0 aliphatic rings. The fraction of sp³-hybridized carbons (Fsp3) is 0.0769. The summed E-state index contributed by atoms with van der Waals surface area (Å²) in [5.74, 6) is -0.0981. The Kier molecular flexibility index (Phi) is 4.14. The van der Waals surface area contributed by atoms with Crippen molar-refractivity contribution in [3.8, 4) is 0 Å². The largest absolute Gasteiger partial charge is 0.399 e. The van der Waals surface area contributed by atoms with E-state index in [0.717, 1.165) is 0 Å². The maximum absolute atomic E-state index is 13.3. The van der Waals surface area contributed by atoms with Crippen molar-refractivity contribution in [2.45, 2.75) is 10.6 Å². The Labute approximate surface area is 116 Å². The van der Waals surface area contributed by atoms with E-state index in [1.807, 2.05) is 0 Å². The molecule has 0 fully saturated rings. The molecular weight excluding hydrogens is 317 g/mol. The summed E-state index contributed by atoms with van der Waals surface area (Å²) in [7, 11) is -1.24. The Bertz CT molecular complexity index is 603. The number of hydrogen-bond donors (Lipinski definition) is 1. The number of rotatable bonds is 3. The minimum atomic E-state index is -1.24. The van der Waals surface area contributed by atoms with Gasteiger partial charge in [0.15, 0.2) is 0 Å². The van der Waals surface area contributed by atoms with Crippen molar-refractivity contribution in [3.63, 3.8) is 0 Å². The lowest BCUT2D eigenvalue weighted by Crippen LogP contribution is -1.99. The van der Waals surface area contributed by atoms with E-state index in [9.17, 15) is 8.60 Å². The Morgan fingerprint density at radius 1 is 1.22 bits per heavy atom.